The maximum Gasteiger partial charge on any atom is 0.238 e. The summed E-state index contributed by atoms with van der Waals surface area (Å²) in [5, 5.41) is 1.12. The second-order valence-electron chi connectivity index (χ2n) is 3.08. The first kappa shape index (κ1) is 14.3. The maximum absolute atomic E-state index is 6.04. The lowest BCUT2D eigenvalue weighted by Gasteiger charge is -2.09. The molecule has 0 saturated carbocycles. The van der Waals surface area contributed by atoms with Crippen LogP contribution in [0.4, 0.5) is 0 Å². The van der Waals surface area contributed by atoms with Gasteiger partial charge in [0.2, 0.25) is 5.88 Å². The van der Waals surface area contributed by atoms with Crippen LogP contribution in [0, 0.1) is 0 Å². The first-order valence-electron chi connectivity index (χ1n) is 4.47. The molecule has 0 spiro atoms. The van der Waals surface area contributed by atoms with Crippen molar-refractivity contribution in [3.8, 4) is 11.6 Å². The van der Waals surface area contributed by atoms with Gasteiger partial charge in [0, 0.05) is 10.5 Å². The molecule has 94 valence electrons. The van der Waals surface area contributed by atoms with Crippen molar-refractivity contribution in [1.29, 1.82) is 0 Å². The summed E-state index contributed by atoms with van der Waals surface area (Å²) >= 11 is 24.3. The van der Waals surface area contributed by atoms with E-state index in [0.717, 1.165) is 0 Å². The molecule has 0 bridgehead atoms. The van der Waals surface area contributed by atoms with Crippen molar-refractivity contribution in [3.05, 3.63) is 42.6 Å². The number of rotatable bonds is 2. The zero-order valence-electron chi connectivity index (χ0n) is 8.42. The SMILES string of the molecule is Clc1cc(Oc2ncnc(Cl)c2Br)c(Cl)cc1Br. The largest absolute Gasteiger partial charge is 0.436 e. The normalized spacial score (nSPS) is 10.5. The van der Waals surface area contributed by atoms with Gasteiger partial charge < -0.3 is 4.74 Å². The van der Waals surface area contributed by atoms with Crippen LogP contribution in [0.2, 0.25) is 15.2 Å². The van der Waals surface area contributed by atoms with Crippen molar-refractivity contribution in [1.82, 2.24) is 9.97 Å². The molecule has 0 radical (unpaired) electrons. The van der Waals surface area contributed by atoms with Gasteiger partial charge in [0.1, 0.15) is 16.5 Å². The Labute approximate surface area is 135 Å². The van der Waals surface area contributed by atoms with Crippen LogP contribution in [0.15, 0.2) is 27.4 Å². The molecular weight excluding hydrogens is 430 g/mol. The Kier molecular flexibility index (Phi) is 4.72. The van der Waals surface area contributed by atoms with Gasteiger partial charge in [0.05, 0.1) is 10.0 Å². The van der Waals surface area contributed by atoms with Crippen LogP contribution in [0.3, 0.4) is 0 Å². The molecule has 0 aliphatic heterocycles. The summed E-state index contributed by atoms with van der Waals surface area (Å²) in [5.74, 6) is 0.635. The lowest BCUT2D eigenvalue weighted by Crippen LogP contribution is -1.92. The Morgan fingerprint density at radius 1 is 1.00 bits per heavy atom. The predicted octanol–water partition coefficient (Wildman–Crippen LogP) is 5.75. The second kappa shape index (κ2) is 5.92. The lowest BCUT2D eigenvalue weighted by atomic mass is 10.3. The van der Waals surface area contributed by atoms with E-state index in [-0.39, 0.29) is 11.0 Å². The number of halogens is 5. The van der Waals surface area contributed by atoms with Crippen LogP contribution in [0.25, 0.3) is 0 Å². The summed E-state index contributed by atoms with van der Waals surface area (Å²) in [6.07, 6.45) is 1.29. The van der Waals surface area contributed by atoms with E-state index in [9.17, 15) is 0 Å². The van der Waals surface area contributed by atoms with Crippen LogP contribution in [-0.4, -0.2) is 9.97 Å². The van der Waals surface area contributed by atoms with E-state index < -0.39 is 0 Å². The smallest absolute Gasteiger partial charge is 0.238 e. The average molecular weight is 433 g/mol. The molecule has 0 unspecified atom stereocenters. The molecule has 2 aromatic rings. The first-order valence-corrected chi connectivity index (χ1v) is 7.19. The van der Waals surface area contributed by atoms with E-state index in [1.807, 2.05) is 0 Å². The summed E-state index contributed by atoms with van der Waals surface area (Å²) in [5.41, 5.74) is 0. The van der Waals surface area contributed by atoms with Gasteiger partial charge in [-0.15, -0.1) is 0 Å². The third-order valence-electron chi connectivity index (χ3n) is 1.90. The topological polar surface area (TPSA) is 35.0 Å². The Morgan fingerprint density at radius 2 is 1.72 bits per heavy atom. The van der Waals surface area contributed by atoms with Crippen molar-refractivity contribution in [2.45, 2.75) is 0 Å². The molecule has 0 atom stereocenters. The van der Waals surface area contributed by atoms with E-state index in [0.29, 0.717) is 24.7 Å². The molecule has 0 fully saturated rings. The average Bonchev–Trinajstić information content (AvgIpc) is 2.32. The zero-order chi connectivity index (χ0) is 13.3. The highest BCUT2D eigenvalue weighted by Gasteiger charge is 2.13. The number of ether oxygens (including phenoxy) is 1. The van der Waals surface area contributed by atoms with Gasteiger partial charge in [0.25, 0.3) is 0 Å². The Balaban J connectivity index is 2.40. The lowest BCUT2D eigenvalue weighted by molar-refractivity contribution is 0.458. The number of aromatic nitrogens is 2. The highest BCUT2D eigenvalue weighted by molar-refractivity contribution is 9.11. The molecule has 0 amide bonds. The molecule has 18 heavy (non-hydrogen) atoms. The molecule has 0 aliphatic rings. The molecule has 8 heteroatoms. The fourth-order valence-electron chi connectivity index (χ4n) is 1.09. The highest BCUT2D eigenvalue weighted by Crippen LogP contribution is 2.38. The summed E-state index contributed by atoms with van der Waals surface area (Å²) in [6.45, 7) is 0. The Hall–Kier alpha value is -0.0700. The maximum atomic E-state index is 6.04. The van der Waals surface area contributed by atoms with E-state index in [4.69, 9.17) is 39.5 Å². The van der Waals surface area contributed by atoms with Crippen LogP contribution >= 0.6 is 66.7 Å². The van der Waals surface area contributed by atoms with Gasteiger partial charge in [-0.1, -0.05) is 34.8 Å². The van der Waals surface area contributed by atoms with E-state index in [1.165, 1.54) is 6.33 Å². The van der Waals surface area contributed by atoms with Crippen molar-refractivity contribution in [2.24, 2.45) is 0 Å². The summed E-state index contributed by atoms with van der Waals surface area (Å²) in [7, 11) is 0. The number of benzene rings is 1. The van der Waals surface area contributed by atoms with Gasteiger partial charge in [-0.25, -0.2) is 9.97 Å². The van der Waals surface area contributed by atoms with Crippen LogP contribution in [0.1, 0.15) is 0 Å². The number of nitrogens with zero attached hydrogens (tertiary/aromatic N) is 2. The van der Waals surface area contributed by atoms with E-state index in [1.54, 1.807) is 12.1 Å². The third-order valence-corrected chi connectivity index (χ3v) is 4.62. The van der Waals surface area contributed by atoms with Crippen molar-refractivity contribution in [3.63, 3.8) is 0 Å². The van der Waals surface area contributed by atoms with Gasteiger partial charge in [-0.05, 0) is 37.9 Å². The molecule has 0 N–H and O–H groups in total. The van der Waals surface area contributed by atoms with Gasteiger partial charge in [-0.3, -0.25) is 0 Å². The molecule has 1 heterocycles. The van der Waals surface area contributed by atoms with Crippen LogP contribution in [0.5, 0.6) is 11.6 Å². The fourth-order valence-corrected chi connectivity index (χ4v) is 2.33. The molecule has 1 aromatic heterocycles. The van der Waals surface area contributed by atoms with E-state index in [2.05, 4.69) is 41.8 Å². The Morgan fingerprint density at radius 3 is 2.44 bits per heavy atom. The number of hydrogen-bond donors (Lipinski definition) is 0. The molecule has 0 aliphatic carbocycles. The molecular formula is C10H3Br2Cl3N2O. The van der Waals surface area contributed by atoms with Crippen LogP contribution < -0.4 is 4.74 Å². The van der Waals surface area contributed by atoms with Crippen LogP contribution in [-0.2, 0) is 0 Å². The molecule has 3 nitrogen and oxygen atoms in total. The highest BCUT2D eigenvalue weighted by atomic mass is 79.9. The summed E-state index contributed by atoms with van der Waals surface area (Å²) in [6, 6.07) is 3.21. The minimum Gasteiger partial charge on any atom is -0.436 e. The minimum absolute atomic E-state index is 0.249. The minimum atomic E-state index is 0.249. The standard InChI is InChI=1S/C10H3Br2Cl3N2O/c11-4-1-6(14)7(2-5(4)13)18-10-8(12)9(15)16-3-17-10/h1-3H. The van der Waals surface area contributed by atoms with Crippen molar-refractivity contribution >= 4 is 66.7 Å². The summed E-state index contributed by atoms with van der Waals surface area (Å²) in [4.78, 5) is 7.75. The van der Waals surface area contributed by atoms with Gasteiger partial charge >= 0.3 is 0 Å². The molecule has 2 rings (SSSR count). The van der Waals surface area contributed by atoms with Crippen molar-refractivity contribution < 1.29 is 4.74 Å². The molecule has 0 saturated heterocycles. The molecule has 1 aromatic carbocycles. The second-order valence-corrected chi connectivity index (χ2v) is 5.90. The number of hydrogen-bond acceptors (Lipinski definition) is 3. The fraction of sp³-hybridized carbons (Fsp3) is 0. The first-order chi connectivity index (χ1) is 8.49. The summed E-state index contributed by atoms with van der Waals surface area (Å²) < 4.78 is 6.66. The van der Waals surface area contributed by atoms with Gasteiger partial charge in [-0.2, -0.15) is 0 Å². The quantitative estimate of drug-likeness (QED) is 0.447. The van der Waals surface area contributed by atoms with E-state index >= 15 is 0 Å². The zero-order valence-corrected chi connectivity index (χ0v) is 13.9. The monoisotopic (exact) mass is 430 g/mol. The predicted molar refractivity (Wildman–Crippen MR) is 79.0 cm³/mol. The van der Waals surface area contributed by atoms with Crippen molar-refractivity contribution in [2.75, 3.05) is 0 Å². The van der Waals surface area contributed by atoms with Gasteiger partial charge in [0.15, 0.2) is 5.15 Å². The third kappa shape index (κ3) is 3.08. The Bertz CT molecular complexity index is 610.